The molecule has 1 aromatic rings. The van der Waals surface area contributed by atoms with Gasteiger partial charge in [0.1, 0.15) is 5.76 Å². The molecule has 0 heterocycles. The van der Waals surface area contributed by atoms with Gasteiger partial charge in [0.2, 0.25) is 0 Å². The van der Waals surface area contributed by atoms with Crippen molar-refractivity contribution in [1.29, 1.82) is 0 Å². The van der Waals surface area contributed by atoms with E-state index in [0.29, 0.717) is 29.6 Å². The van der Waals surface area contributed by atoms with Gasteiger partial charge in [-0.15, -0.1) is 0 Å². The van der Waals surface area contributed by atoms with Crippen LogP contribution in [0.3, 0.4) is 0 Å². The fourth-order valence-electron chi connectivity index (χ4n) is 5.28. The smallest absolute Gasteiger partial charge is 0.307 e. The molecule has 2 saturated carbocycles. The highest BCUT2D eigenvalue weighted by atomic mass is 16.5. The molecule has 3 aliphatic carbocycles. The van der Waals surface area contributed by atoms with Gasteiger partial charge in [-0.25, -0.2) is 0 Å². The number of carbonyl (C=O) groups excluding carboxylic acids is 1. The standard InChI is InChI=1S/C21H24O2/c1-10(2)15-16-13-8-6-7-9-14(13)17(15)19-18(16)20(19)21(11(3)4)23-12(5)22/h6-9,16-20H,1-5H3/t16-,17+,18+,19-,20?. The van der Waals surface area contributed by atoms with Crippen LogP contribution in [0.25, 0.3) is 0 Å². The van der Waals surface area contributed by atoms with Crippen molar-refractivity contribution < 1.29 is 9.53 Å². The Labute approximate surface area is 138 Å². The van der Waals surface area contributed by atoms with Crippen LogP contribution in [0.5, 0.6) is 0 Å². The van der Waals surface area contributed by atoms with E-state index in [4.69, 9.17) is 4.74 Å². The quantitative estimate of drug-likeness (QED) is 0.439. The first-order chi connectivity index (χ1) is 10.9. The van der Waals surface area contributed by atoms with Gasteiger partial charge in [0.15, 0.2) is 0 Å². The van der Waals surface area contributed by atoms with E-state index in [2.05, 4.69) is 52.0 Å². The van der Waals surface area contributed by atoms with Gasteiger partial charge in [0.05, 0.1) is 0 Å². The Morgan fingerprint density at radius 3 is 1.83 bits per heavy atom. The van der Waals surface area contributed by atoms with E-state index in [1.165, 1.54) is 23.6 Å². The first-order valence-corrected chi connectivity index (χ1v) is 8.55. The molecule has 0 aliphatic heterocycles. The zero-order chi connectivity index (χ0) is 16.5. The third kappa shape index (κ3) is 1.90. The van der Waals surface area contributed by atoms with Gasteiger partial charge in [-0.05, 0) is 56.2 Å². The highest BCUT2D eigenvalue weighted by Gasteiger charge is 2.70. The van der Waals surface area contributed by atoms with Gasteiger partial charge in [0, 0.05) is 24.7 Å². The molecule has 4 rings (SSSR count). The van der Waals surface area contributed by atoms with Crippen LogP contribution in [0.2, 0.25) is 0 Å². The number of allylic oxidation sites excluding steroid dienone is 4. The van der Waals surface area contributed by atoms with Crippen LogP contribution in [0.4, 0.5) is 0 Å². The Bertz CT molecular complexity index is 721. The maximum atomic E-state index is 11.5. The minimum atomic E-state index is -0.196. The predicted octanol–water partition coefficient (Wildman–Crippen LogP) is 4.94. The molecule has 2 fully saturated rings. The van der Waals surface area contributed by atoms with Crippen LogP contribution in [0.1, 0.15) is 57.6 Å². The molecule has 2 nitrogen and oxygen atoms in total. The zero-order valence-corrected chi connectivity index (χ0v) is 14.5. The van der Waals surface area contributed by atoms with E-state index in [1.54, 1.807) is 5.57 Å². The second-order valence-electron chi connectivity index (χ2n) is 7.68. The highest BCUT2D eigenvalue weighted by molar-refractivity contribution is 5.68. The number of esters is 1. The molecule has 0 amide bonds. The van der Waals surface area contributed by atoms with Crippen molar-refractivity contribution in [3.05, 3.63) is 57.9 Å². The van der Waals surface area contributed by atoms with E-state index in [9.17, 15) is 4.79 Å². The molecule has 5 atom stereocenters. The average Bonchev–Trinajstić information content (AvgIpc) is 2.97. The summed E-state index contributed by atoms with van der Waals surface area (Å²) in [5, 5.41) is 0. The van der Waals surface area contributed by atoms with E-state index in [-0.39, 0.29) is 5.97 Å². The average molecular weight is 308 g/mol. The number of rotatable bonds is 2. The topological polar surface area (TPSA) is 26.3 Å². The second-order valence-corrected chi connectivity index (χ2v) is 7.68. The first-order valence-electron chi connectivity index (χ1n) is 8.55. The Hall–Kier alpha value is -1.83. The van der Waals surface area contributed by atoms with Crippen molar-refractivity contribution >= 4 is 5.97 Å². The second kappa shape index (κ2) is 4.83. The van der Waals surface area contributed by atoms with Crippen molar-refractivity contribution in [2.45, 2.75) is 46.5 Å². The van der Waals surface area contributed by atoms with Gasteiger partial charge in [-0.2, -0.15) is 0 Å². The van der Waals surface area contributed by atoms with Crippen molar-refractivity contribution in [2.24, 2.45) is 17.8 Å². The lowest BCUT2D eigenvalue weighted by Crippen LogP contribution is -2.10. The number of hydrogen-bond acceptors (Lipinski definition) is 2. The van der Waals surface area contributed by atoms with E-state index < -0.39 is 0 Å². The molecule has 0 spiro atoms. The molecular weight excluding hydrogens is 284 g/mol. The molecule has 2 bridgehead atoms. The van der Waals surface area contributed by atoms with Crippen molar-refractivity contribution in [3.8, 4) is 0 Å². The molecule has 0 saturated heterocycles. The molecule has 1 aromatic carbocycles. The van der Waals surface area contributed by atoms with Gasteiger partial charge in [-0.1, -0.05) is 35.4 Å². The Kier molecular flexibility index (Phi) is 3.10. The molecule has 3 aliphatic rings. The summed E-state index contributed by atoms with van der Waals surface area (Å²) >= 11 is 0. The number of fused-ring (bicyclic) bond motifs is 8. The third-order valence-corrected chi connectivity index (χ3v) is 5.87. The minimum Gasteiger partial charge on any atom is -0.431 e. The third-order valence-electron chi connectivity index (χ3n) is 5.87. The number of ether oxygens (including phenoxy) is 1. The monoisotopic (exact) mass is 308 g/mol. The number of hydrogen-bond donors (Lipinski definition) is 0. The normalized spacial score (nSPS) is 32.2. The SMILES string of the molecule is CC(=O)OC(=C(C)C)C1[C@@H]2[C@H]1[C@@H]1C(=C(C)C)[C@H]2c2ccccc21. The molecule has 1 unspecified atom stereocenters. The summed E-state index contributed by atoms with van der Waals surface area (Å²) in [5.74, 6) is 3.44. The summed E-state index contributed by atoms with van der Waals surface area (Å²) in [6.45, 7) is 10.1. The summed E-state index contributed by atoms with van der Waals surface area (Å²) in [5.41, 5.74) is 7.25. The Balaban J connectivity index is 1.77. The lowest BCUT2D eigenvalue weighted by Gasteiger charge is -2.18. The van der Waals surface area contributed by atoms with Crippen molar-refractivity contribution in [2.75, 3.05) is 0 Å². The van der Waals surface area contributed by atoms with Crippen molar-refractivity contribution in [1.82, 2.24) is 0 Å². The van der Waals surface area contributed by atoms with Gasteiger partial charge in [-0.3, -0.25) is 4.79 Å². The van der Waals surface area contributed by atoms with Crippen LogP contribution in [0.15, 0.2) is 46.7 Å². The van der Waals surface area contributed by atoms with E-state index in [0.717, 1.165) is 11.3 Å². The van der Waals surface area contributed by atoms with E-state index in [1.807, 2.05) is 0 Å². The first kappa shape index (κ1) is 14.7. The van der Waals surface area contributed by atoms with Crippen LogP contribution in [-0.4, -0.2) is 5.97 Å². The maximum absolute atomic E-state index is 11.5. The van der Waals surface area contributed by atoms with Crippen LogP contribution in [-0.2, 0) is 9.53 Å². The highest BCUT2D eigenvalue weighted by Crippen LogP contribution is 2.78. The minimum absolute atomic E-state index is 0.196. The fraction of sp³-hybridized carbons (Fsp3) is 0.476. The molecule has 23 heavy (non-hydrogen) atoms. The van der Waals surface area contributed by atoms with Crippen LogP contribution >= 0.6 is 0 Å². The molecule has 0 radical (unpaired) electrons. The van der Waals surface area contributed by atoms with Crippen LogP contribution < -0.4 is 0 Å². The molecule has 0 aromatic heterocycles. The number of benzene rings is 1. The molecule has 2 heteroatoms. The van der Waals surface area contributed by atoms with Crippen LogP contribution in [0, 0.1) is 17.8 Å². The van der Waals surface area contributed by atoms with Gasteiger partial charge in [0.25, 0.3) is 0 Å². The summed E-state index contributed by atoms with van der Waals surface area (Å²) in [6, 6.07) is 8.90. The summed E-state index contributed by atoms with van der Waals surface area (Å²) < 4.78 is 5.62. The Morgan fingerprint density at radius 1 is 0.913 bits per heavy atom. The summed E-state index contributed by atoms with van der Waals surface area (Å²) in [7, 11) is 0. The zero-order valence-electron chi connectivity index (χ0n) is 14.5. The Morgan fingerprint density at radius 2 is 1.43 bits per heavy atom. The van der Waals surface area contributed by atoms with E-state index >= 15 is 0 Å². The lowest BCUT2D eigenvalue weighted by molar-refractivity contribution is -0.137. The fourth-order valence-corrected chi connectivity index (χ4v) is 5.28. The molecular formula is C21H24O2. The number of carbonyl (C=O) groups is 1. The lowest BCUT2D eigenvalue weighted by atomic mass is 9.89. The van der Waals surface area contributed by atoms with Gasteiger partial charge >= 0.3 is 5.97 Å². The molecule has 0 N–H and O–H groups in total. The predicted molar refractivity (Wildman–Crippen MR) is 90.9 cm³/mol. The maximum Gasteiger partial charge on any atom is 0.307 e. The summed E-state index contributed by atoms with van der Waals surface area (Å²) in [4.78, 5) is 11.5. The summed E-state index contributed by atoms with van der Waals surface area (Å²) in [6.07, 6.45) is 0. The van der Waals surface area contributed by atoms with Crippen molar-refractivity contribution in [3.63, 3.8) is 0 Å². The molecule has 120 valence electrons. The largest absolute Gasteiger partial charge is 0.431 e. The van der Waals surface area contributed by atoms with Gasteiger partial charge < -0.3 is 4.74 Å².